The first-order valence-corrected chi connectivity index (χ1v) is 8.78. The Bertz CT molecular complexity index is 761. The van der Waals surface area contributed by atoms with Gasteiger partial charge in [-0.05, 0) is 45.3 Å². The Morgan fingerprint density at radius 3 is 1.88 bits per heavy atom. The number of amides is 2. The largest absolute Gasteiger partial charge is 0.300 e. The van der Waals surface area contributed by atoms with Crippen LogP contribution in [0.2, 0.25) is 0 Å². The molecule has 2 aliphatic rings. The Balaban J connectivity index is 2.01. The molecular weight excluding hydrogens is 328 g/mol. The predicted molar refractivity (Wildman–Crippen MR) is 94.1 cm³/mol. The number of benzene rings is 1. The normalized spacial score (nSPS) is 34.2. The smallest absolute Gasteiger partial charge is 0.244 e. The predicted octanol–water partition coefficient (Wildman–Crippen LogP) is 1.94. The standard InChI is InChI=1S/C20H22N4O2/c1-24(2)20(14-6-4-3-5-7-14)10-8-19(9-11-20)15(12-21)17(25)23-18(26)16(19)13-22/h3-7,15-16H,8-11H2,1-2H3,(H,23,25,26). The molecule has 1 aliphatic heterocycles. The van der Waals surface area contributed by atoms with Crippen LogP contribution < -0.4 is 5.32 Å². The van der Waals surface area contributed by atoms with E-state index in [1.54, 1.807) is 0 Å². The third-order valence-corrected chi connectivity index (χ3v) is 6.35. The van der Waals surface area contributed by atoms with Gasteiger partial charge < -0.3 is 0 Å². The van der Waals surface area contributed by atoms with Crippen LogP contribution in [-0.4, -0.2) is 30.8 Å². The highest BCUT2D eigenvalue weighted by Gasteiger charge is 2.59. The summed E-state index contributed by atoms with van der Waals surface area (Å²) < 4.78 is 0. The van der Waals surface area contributed by atoms with E-state index in [2.05, 4.69) is 34.5 Å². The van der Waals surface area contributed by atoms with Crippen molar-refractivity contribution in [1.82, 2.24) is 10.2 Å². The van der Waals surface area contributed by atoms with Gasteiger partial charge in [0.25, 0.3) is 0 Å². The van der Waals surface area contributed by atoms with Crippen molar-refractivity contribution in [2.75, 3.05) is 14.1 Å². The molecule has 1 aliphatic carbocycles. The lowest BCUT2D eigenvalue weighted by Crippen LogP contribution is -2.60. The number of rotatable bonds is 2. The molecule has 1 saturated heterocycles. The van der Waals surface area contributed by atoms with Crippen LogP contribution in [0.3, 0.4) is 0 Å². The third-order valence-electron chi connectivity index (χ3n) is 6.35. The van der Waals surface area contributed by atoms with Gasteiger partial charge in [0.05, 0.1) is 12.1 Å². The van der Waals surface area contributed by atoms with Crippen molar-refractivity contribution >= 4 is 11.8 Å². The molecule has 1 heterocycles. The lowest BCUT2D eigenvalue weighted by atomic mass is 9.54. The van der Waals surface area contributed by atoms with Gasteiger partial charge in [-0.3, -0.25) is 19.8 Å². The van der Waals surface area contributed by atoms with Crippen LogP contribution in [-0.2, 0) is 15.1 Å². The van der Waals surface area contributed by atoms with Gasteiger partial charge in [0, 0.05) is 11.0 Å². The summed E-state index contributed by atoms with van der Waals surface area (Å²) in [6.07, 6.45) is 2.33. The Labute approximate surface area is 153 Å². The highest BCUT2D eigenvalue weighted by Crippen LogP contribution is 2.55. The van der Waals surface area contributed by atoms with Crippen molar-refractivity contribution in [3.8, 4) is 12.1 Å². The highest BCUT2D eigenvalue weighted by atomic mass is 16.2. The molecule has 1 aromatic carbocycles. The first-order valence-electron chi connectivity index (χ1n) is 8.78. The lowest BCUT2D eigenvalue weighted by Gasteiger charge is -2.53. The number of nitriles is 2. The maximum atomic E-state index is 12.3. The van der Waals surface area contributed by atoms with Crippen molar-refractivity contribution in [2.45, 2.75) is 31.2 Å². The molecule has 26 heavy (non-hydrogen) atoms. The van der Waals surface area contributed by atoms with E-state index in [1.807, 2.05) is 32.3 Å². The maximum Gasteiger partial charge on any atom is 0.244 e. The average molecular weight is 350 g/mol. The molecule has 6 heteroatoms. The summed E-state index contributed by atoms with van der Waals surface area (Å²) in [5.74, 6) is -3.08. The Kier molecular flexibility index (Phi) is 4.56. The van der Waals surface area contributed by atoms with E-state index in [0.717, 1.165) is 0 Å². The zero-order valence-electron chi connectivity index (χ0n) is 15.0. The molecule has 2 fully saturated rings. The van der Waals surface area contributed by atoms with Crippen LogP contribution in [0.25, 0.3) is 0 Å². The van der Waals surface area contributed by atoms with Crippen molar-refractivity contribution in [2.24, 2.45) is 17.3 Å². The Morgan fingerprint density at radius 1 is 0.962 bits per heavy atom. The van der Waals surface area contributed by atoms with Crippen LogP contribution in [0.1, 0.15) is 31.2 Å². The molecule has 0 radical (unpaired) electrons. The second-order valence-electron chi connectivity index (χ2n) is 7.50. The van der Waals surface area contributed by atoms with Crippen molar-refractivity contribution < 1.29 is 9.59 Å². The van der Waals surface area contributed by atoms with E-state index in [-0.39, 0.29) is 5.54 Å². The van der Waals surface area contributed by atoms with E-state index in [4.69, 9.17) is 0 Å². The van der Waals surface area contributed by atoms with Gasteiger partial charge in [-0.2, -0.15) is 10.5 Å². The topological polar surface area (TPSA) is 97.0 Å². The average Bonchev–Trinajstić information content (AvgIpc) is 2.63. The Morgan fingerprint density at radius 2 is 1.46 bits per heavy atom. The van der Waals surface area contributed by atoms with Gasteiger partial charge in [-0.15, -0.1) is 0 Å². The number of nitrogens with one attached hydrogen (secondary N) is 1. The molecule has 2 unspecified atom stereocenters. The fourth-order valence-electron chi connectivity index (χ4n) is 4.78. The number of piperidine rings is 1. The summed E-state index contributed by atoms with van der Waals surface area (Å²) >= 11 is 0. The SMILES string of the molecule is CN(C)C1(c2ccccc2)CCC2(CC1)C(C#N)C(=O)NC(=O)C2C#N. The lowest BCUT2D eigenvalue weighted by molar-refractivity contribution is -0.148. The molecule has 1 aromatic rings. The zero-order valence-corrected chi connectivity index (χ0v) is 15.0. The number of hydrogen-bond donors (Lipinski definition) is 1. The van der Waals surface area contributed by atoms with E-state index in [0.29, 0.717) is 25.7 Å². The minimum Gasteiger partial charge on any atom is -0.300 e. The van der Waals surface area contributed by atoms with Gasteiger partial charge in [0.2, 0.25) is 11.8 Å². The van der Waals surface area contributed by atoms with E-state index in [1.165, 1.54) is 5.56 Å². The summed E-state index contributed by atoms with van der Waals surface area (Å²) in [6, 6.07) is 14.3. The highest BCUT2D eigenvalue weighted by molar-refractivity contribution is 6.03. The van der Waals surface area contributed by atoms with Crippen LogP contribution in [0.15, 0.2) is 30.3 Å². The maximum absolute atomic E-state index is 12.3. The number of hydrogen-bond acceptors (Lipinski definition) is 5. The molecule has 1 N–H and O–H groups in total. The summed E-state index contributed by atoms with van der Waals surface area (Å²) in [5, 5.41) is 21.4. The number of imide groups is 1. The fraction of sp³-hybridized carbons (Fsp3) is 0.500. The molecule has 0 aromatic heterocycles. The van der Waals surface area contributed by atoms with Crippen molar-refractivity contribution in [1.29, 1.82) is 10.5 Å². The van der Waals surface area contributed by atoms with E-state index < -0.39 is 29.1 Å². The molecule has 3 rings (SSSR count). The monoisotopic (exact) mass is 350 g/mol. The zero-order chi connectivity index (χ0) is 18.9. The summed E-state index contributed by atoms with van der Waals surface area (Å²) in [4.78, 5) is 26.7. The van der Waals surface area contributed by atoms with Gasteiger partial charge in [0.15, 0.2) is 0 Å². The number of nitrogens with zero attached hydrogens (tertiary/aromatic N) is 3. The first kappa shape index (κ1) is 18.1. The van der Waals surface area contributed by atoms with Gasteiger partial charge >= 0.3 is 0 Å². The summed E-state index contributed by atoms with van der Waals surface area (Å²) in [6.45, 7) is 0. The number of carbonyl (C=O) groups is 2. The molecule has 134 valence electrons. The van der Waals surface area contributed by atoms with Crippen LogP contribution in [0.5, 0.6) is 0 Å². The summed E-state index contributed by atoms with van der Waals surface area (Å²) in [7, 11) is 4.04. The van der Waals surface area contributed by atoms with E-state index >= 15 is 0 Å². The van der Waals surface area contributed by atoms with Crippen LogP contribution in [0, 0.1) is 39.9 Å². The van der Waals surface area contributed by atoms with Gasteiger partial charge in [-0.25, -0.2) is 0 Å². The molecular formula is C20H22N4O2. The van der Waals surface area contributed by atoms with Crippen molar-refractivity contribution in [3.63, 3.8) is 0 Å². The second-order valence-corrected chi connectivity index (χ2v) is 7.50. The first-order chi connectivity index (χ1) is 12.4. The van der Waals surface area contributed by atoms with Crippen molar-refractivity contribution in [3.05, 3.63) is 35.9 Å². The molecule has 0 bridgehead atoms. The molecule has 1 saturated carbocycles. The van der Waals surface area contributed by atoms with Crippen LogP contribution >= 0.6 is 0 Å². The van der Waals surface area contributed by atoms with Gasteiger partial charge in [0.1, 0.15) is 11.8 Å². The quantitative estimate of drug-likeness (QED) is 0.822. The molecule has 1 spiro atoms. The molecule has 6 nitrogen and oxygen atoms in total. The fourth-order valence-corrected chi connectivity index (χ4v) is 4.78. The third kappa shape index (κ3) is 2.50. The molecule has 2 atom stereocenters. The molecule has 2 amide bonds. The van der Waals surface area contributed by atoms with E-state index in [9.17, 15) is 20.1 Å². The number of carbonyl (C=O) groups excluding carboxylic acids is 2. The Hall–Kier alpha value is -2.70. The van der Waals surface area contributed by atoms with Gasteiger partial charge in [-0.1, -0.05) is 30.3 Å². The minimum absolute atomic E-state index is 0.233. The summed E-state index contributed by atoms with van der Waals surface area (Å²) in [5.41, 5.74) is 0.0363. The minimum atomic E-state index is -0.971. The van der Waals surface area contributed by atoms with Crippen LogP contribution in [0.4, 0.5) is 0 Å². The second kappa shape index (κ2) is 6.55.